The molecular weight excluding hydrogens is 352 g/mol. The zero-order valence-corrected chi connectivity index (χ0v) is 14.7. The van der Waals surface area contributed by atoms with E-state index in [9.17, 15) is 9.59 Å². The number of rotatable bonds is 6. The number of allylic oxidation sites excluding steroid dienone is 1. The van der Waals surface area contributed by atoms with Gasteiger partial charge in [0.25, 0.3) is 5.91 Å². The zero-order valence-electron chi connectivity index (χ0n) is 14.7. The molecule has 0 bridgehead atoms. The number of aromatic nitrogens is 4. The van der Waals surface area contributed by atoms with Crippen molar-refractivity contribution in [2.24, 2.45) is 5.92 Å². The van der Waals surface area contributed by atoms with Crippen LogP contribution in [0.1, 0.15) is 30.0 Å². The Hall–Kier alpha value is -3.94. The Morgan fingerprint density at radius 2 is 2.11 bits per heavy atom. The molecule has 0 unspecified atom stereocenters. The molecule has 0 atom stereocenters. The highest BCUT2D eigenvalue weighted by atomic mass is 16.6. The fourth-order valence-corrected chi connectivity index (χ4v) is 1.83. The maximum Gasteiger partial charge on any atom is 0.426 e. The Morgan fingerprint density at radius 1 is 1.33 bits per heavy atom. The van der Waals surface area contributed by atoms with Gasteiger partial charge in [0, 0.05) is 6.20 Å². The van der Waals surface area contributed by atoms with Crippen LogP contribution in [0.4, 0.5) is 10.5 Å². The molecule has 0 spiro atoms. The van der Waals surface area contributed by atoms with Gasteiger partial charge in [-0.3, -0.25) is 10.2 Å². The second-order valence-corrected chi connectivity index (χ2v) is 5.67. The van der Waals surface area contributed by atoms with Crippen LogP contribution in [0.5, 0.6) is 0 Å². The van der Waals surface area contributed by atoms with Crippen LogP contribution in [0.3, 0.4) is 0 Å². The first-order chi connectivity index (χ1) is 13.0. The first-order valence-corrected chi connectivity index (χ1v) is 7.94. The average Bonchev–Trinajstić information content (AvgIpc) is 3.20. The molecule has 2 amide bonds. The van der Waals surface area contributed by atoms with Crippen LogP contribution in [0.25, 0.3) is 5.57 Å². The number of H-pyrrole nitrogens is 1. The third-order valence-corrected chi connectivity index (χ3v) is 3.08. The highest BCUT2D eigenvalue weighted by molar-refractivity contribution is 6.00. The number of nitrogens with one attached hydrogen (secondary N) is 4. The van der Waals surface area contributed by atoms with Crippen molar-refractivity contribution in [2.45, 2.75) is 13.8 Å². The van der Waals surface area contributed by atoms with Gasteiger partial charge in [-0.25, -0.2) is 10.2 Å². The van der Waals surface area contributed by atoms with Crippen LogP contribution in [0, 0.1) is 17.2 Å². The number of ether oxygens (including phenoxy) is 1. The molecule has 0 saturated heterocycles. The predicted octanol–water partition coefficient (Wildman–Crippen LogP) is 1.20. The first-order valence-electron chi connectivity index (χ1n) is 7.94. The number of hydrogen-bond acceptors (Lipinski definition) is 8. The van der Waals surface area contributed by atoms with Crippen molar-refractivity contribution >= 4 is 23.3 Å². The van der Waals surface area contributed by atoms with Gasteiger partial charge in [-0.15, -0.1) is 10.2 Å². The number of nitriles is 1. The van der Waals surface area contributed by atoms with E-state index >= 15 is 0 Å². The summed E-state index contributed by atoms with van der Waals surface area (Å²) in [6.07, 6.45) is 0.590. The van der Waals surface area contributed by atoms with Gasteiger partial charge < -0.3 is 10.1 Å². The summed E-state index contributed by atoms with van der Waals surface area (Å²) in [5.41, 5.74) is 5.20. The lowest BCUT2D eigenvalue weighted by atomic mass is 10.1. The van der Waals surface area contributed by atoms with Crippen molar-refractivity contribution in [1.82, 2.24) is 31.5 Å². The van der Waals surface area contributed by atoms with Crippen molar-refractivity contribution in [2.75, 3.05) is 11.9 Å². The number of carbonyl (C=O) groups is 2. The second-order valence-electron chi connectivity index (χ2n) is 5.67. The van der Waals surface area contributed by atoms with Crippen LogP contribution in [-0.4, -0.2) is 39.2 Å². The first kappa shape index (κ1) is 19.4. The van der Waals surface area contributed by atoms with Gasteiger partial charge in [0.15, 0.2) is 0 Å². The minimum absolute atomic E-state index is 0.112. The van der Waals surface area contributed by atoms with Crippen molar-refractivity contribution in [1.29, 1.82) is 5.26 Å². The van der Waals surface area contributed by atoms with E-state index in [-0.39, 0.29) is 29.5 Å². The minimum atomic E-state index is -0.758. The molecule has 11 nitrogen and oxygen atoms in total. The number of para-hydroxylation sites is 1. The molecule has 4 N–H and O–H groups in total. The second kappa shape index (κ2) is 9.52. The molecule has 1 aromatic carbocycles. The Balaban J connectivity index is 2.03. The summed E-state index contributed by atoms with van der Waals surface area (Å²) in [7, 11) is 0. The standard InChI is InChI=1S/C16H18N8O3/c1-10(2)9-27-16(26)22-21-15(25)12-5-3-4-6-13(12)18-8-11(7-17)14-19-23-24-20-14/h3-6,8,10,18H,9H2,1-2H3,(H,21,25)(H,22,26)(H,19,20,23,24). The van der Waals surface area contributed by atoms with Crippen LogP contribution >= 0.6 is 0 Å². The Kier molecular flexibility index (Phi) is 6.83. The topological polar surface area (TPSA) is 158 Å². The van der Waals surface area contributed by atoms with Crippen LogP contribution in [-0.2, 0) is 4.74 Å². The Morgan fingerprint density at radius 3 is 2.78 bits per heavy atom. The number of hydrogen-bond donors (Lipinski definition) is 4. The molecule has 27 heavy (non-hydrogen) atoms. The van der Waals surface area contributed by atoms with Gasteiger partial charge in [0.2, 0.25) is 5.82 Å². The largest absolute Gasteiger partial charge is 0.448 e. The summed E-state index contributed by atoms with van der Waals surface area (Å²) in [4.78, 5) is 23.8. The fraction of sp³-hybridized carbons (Fsp3) is 0.250. The maximum absolute atomic E-state index is 12.3. The summed E-state index contributed by atoms with van der Waals surface area (Å²) in [5, 5.41) is 25.1. The number of tetrazole rings is 1. The van der Waals surface area contributed by atoms with E-state index in [1.165, 1.54) is 6.20 Å². The lowest BCUT2D eigenvalue weighted by Crippen LogP contribution is -2.42. The minimum Gasteiger partial charge on any atom is -0.448 e. The zero-order chi connectivity index (χ0) is 19.6. The monoisotopic (exact) mass is 370 g/mol. The van der Waals surface area contributed by atoms with Gasteiger partial charge in [-0.05, 0) is 23.3 Å². The molecule has 2 aromatic rings. The van der Waals surface area contributed by atoms with Gasteiger partial charge in [0.05, 0.1) is 17.9 Å². The number of carbonyl (C=O) groups excluding carboxylic acids is 2. The number of aromatic amines is 1. The van der Waals surface area contributed by atoms with E-state index in [0.717, 1.165) is 0 Å². The van der Waals surface area contributed by atoms with Gasteiger partial charge >= 0.3 is 6.09 Å². The fourth-order valence-electron chi connectivity index (χ4n) is 1.83. The molecule has 140 valence electrons. The van der Waals surface area contributed by atoms with E-state index < -0.39 is 12.0 Å². The highest BCUT2D eigenvalue weighted by Crippen LogP contribution is 2.16. The molecule has 1 aromatic heterocycles. The molecule has 11 heteroatoms. The predicted molar refractivity (Wildman–Crippen MR) is 94.6 cm³/mol. The summed E-state index contributed by atoms with van der Waals surface area (Å²) >= 11 is 0. The Labute approximate surface area is 154 Å². The summed E-state index contributed by atoms with van der Waals surface area (Å²) in [5.74, 6) is -0.274. The third-order valence-electron chi connectivity index (χ3n) is 3.08. The lowest BCUT2D eigenvalue weighted by Gasteiger charge is -2.12. The van der Waals surface area contributed by atoms with Crippen LogP contribution in [0.2, 0.25) is 0 Å². The van der Waals surface area contributed by atoms with Gasteiger partial charge in [0.1, 0.15) is 11.6 Å². The summed E-state index contributed by atoms with van der Waals surface area (Å²) in [6, 6.07) is 8.47. The molecule has 0 aliphatic carbocycles. The normalized spacial score (nSPS) is 10.8. The van der Waals surface area contributed by atoms with E-state index in [1.54, 1.807) is 24.3 Å². The number of hydrazine groups is 1. The van der Waals surface area contributed by atoms with E-state index in [2.05, 4.69) is 36.8 Å². The number of anilines is 1. The molecular formula is C16H18N8O3. The van der Waals surface area contributed by atoms with E-state index in [0.29, 0.717) is 5.69 Å². The number of nitrogens with zero attached hydrogens (tertiary/aromatic N) is 4. The van der Waals surface area contributed by atoms with Crippen molar-refractivity contribution < 1.29 is 14.3 Å². The molecule has 0 aliphatic heterocycles. The molecule has 0 radical (unpaired) electrons. The quantitative estimate of drug-likeness (QED) is 0.436. The van der Waals surface area contributed by atoms with Crippen molar-refractivity contribution in [3.05, 3.63) is 41.9 Å². The number of benzene rings is 1. The summed E-state index contributed by atoms with van der Waals surface area (Å²) < 4.78 is 4.91. The molecule has 1 heterocycles. The SMILES string of the molecule is CC(C)COC(=O)NNC(=O)c1ccccc1NC=C(C#N)c1nn[nH]n1. The summed E-state index contributed by atoms with van der Waals surface area (Å²) in [6.45, 7) is 4.02. The smallest absolute Gasteiger partial charge is 0.426 e. The van der Waals surface area contributed by atoms with Crippen molar-refractivity contribution in [3.63, 3.8) is 0 Å². The van der Waals surface area contributed by atoms with Gasteiger partial charge in [-0.1, -0.05) is 26.0 Å². The van der Waals surface area contributed by atoms with Crippen molar-refractivity contribution in [3.8, 4) is 6.07 Å². The lowest BCUT2D eigenvalue weighted by molar-refractivity contribution is 0.0902. The molecule has 0 aliphatic rings. The molecule has 0 saturated carbocycles. The molecule has 2 rings (SSSR count). The number of amides is 2. The Bertz CT molecular complexity index is 855. The van der Waals surface area contributed by atoms with Crippen LogP contribution < -0.4 is 16.2 Å². The average molecular weight is 370 g/mol. The third kappa shape index (κ3) is 5.82. The van der Waals surface area contributed by atoms with E-state index in [4.69, 9.17) is 10.00 Å². The van der Waals surface area contributed by atoms with Gasteiger partial charge in [-0.2, -0.15) is 10.5 Å². The van der Waals surface area contributed by atoms with Crippen LogP contribution in [0.15, 0.2) is 30.5 Å². The van der Waals surface area contributed by atoms with E-state index in [1.807, 2.05) is 19.9 Å². The molecule has 0 fully saturated rings. The highest BCUT2D eigenvalue weighted by Gasteiger charge is 2.13. The maximum atomic E-state index is 12.3.